The van der Waals surface area contributed by atoms with Gasteiger partial charge in [-0.1, -0.05) is 0 Å². The molecule has 1 saturated heterocycles. The molecule has 0 amide bonds. The molecular weight excluding hydrogens is 184 g/mol. The van der Waals surface area contributed by atoms with Crippen molar-refractivity contribution in [3.8, 4) is 0 Å². The molecule has 0 aliphatic carbocycles. The van der Waals surface area contributed by atoms with E-state index in [1.54, 1.807) is 12.2 Å². The number of hydrogen-bond donors (Lipinski definition) is 4. The molecule has 0 radical (unpaired) electrons. The lowest BCUT2D eigenvalue weighted by Gasteiger charge is -2.10. The van der Waals surface area contributed by atoms with Crippen LogP contribution in [0, 0.1) is 0 Å². The zero-order valence-electron chi connectivity index (χ0n) is 7.63. The average molecular weight is 198 g/mol. The highest BCUT2D eigenvalue weighted by molar-refractivity contribution is 5.56. The van der Waals surface area contributed by atoms with Crippen molar-refractivity contribution in [3.63, 3.8) is 0 Å². The van der Waals surface area contributed by atoms with Gasteiger partial charge in [-0.05, 0) is 12.2 Å². The number of hydrazine groups is 1. The molecule has 8 N–H and O–H groups in total. The highest BCUT2D eigenvalue weighted by Gasteiger charge is 2.24. The molecular formula is C7H14N6O. The molecule has 78 valence electrons. The van der Waals surface area contributed by atoms with Crippen molar-refractivity contribution < 1.29 is 4.74 Å². The van der Waals surface area contributed by atoms with Crippen LogP contribution in [0.4, 0.5) is 0 Å². The first-order valence-electron chi connectivity index (χ1n) is 3.97. The molecule has 1 aliphatic rings. The summed E-state index contributed by atoms with van der Waals surface area (Å²) in [6.45, 7) is 0.659. The van der Waals surface area contributed by atoms with Gasteiger partial charge in [0.15, 0.2) is 0 Å². The fraction of sp³-hybridized carbons (Fsp3) is 0.286. The maximum absolute atomic E-state index is 5.62. The predicted molar refractivity (Wildman–Crippen MR) is 53.0 cm³/mol. The van der Waals surface area contributed by atoms with Gasteiger partial charge in [0.25, 0.3) is 0 Å². The third kappa shape index (κ3) is 2.96. The number of ether oxygens (including phenoxy) is 1. The van der Waals surface area contributed by atoms with Crippen LogP contribution in [0.25, 0.3) is 0 Å². The lowest BCUT2D eigenvalue weighted by atomic mass is 10.3. The maximum atomic E-state index is 5.62. The third-order valence-electron chi connectivity index (χ3n) is 1.64. The van der Waals surface area contributed by atoms with Gasteiger partial charge in [-0.15, -0.1) is 0 Å². The highest BCUT2D eigenvalue weighted by Crippen LogP contribution is 2.14. The monoisotopic (exact) mass is 198 g/mol. The Hall–Kier alpha value is -1.73. The Labute approximate surface area is 81.6 Å². The molecule has 7 heteroatoms. The maximum Gasteiger partial charge on any atom is 0.131 e. The van der Waals surface area contributed by atoms with Gasteiger partial charge in [0.05, 0.1) is 6.61 Å². The summed E-state index contributed by atoms with van der Waals surface area (Å²) in [6, 6.07) is 0. The number of nitrogens with zero attached hydrogens (tertiary/aromatic N) is 2. The molecule has 1 atom stereocenters. The zero-order valence-corrected chi connectivity index (χ0v) is 7.63. The molecule has 1 heterocycles. The standard InChI is InChI=1S/C7H14N6O/c8-5(6-3-14-6)1-2-7(9)13(11)4-12-10/h1-2,4,6H,3,8-11H2/b5-1-,7-2+,12-4-. The van der Waals surface area contributed by atoms with Crippen LogP contribution in [0.2, 0.25) is 0 Å². The van der Waals surface area contributed by atoms with E-state index >= 15 is 0 Å². The highest BCUT2D eigenvalue weighted by atomic mass is 16.6. The van der Waals surface area contributed by atoms with E-state index in [9.17, 15) is 0 Å². The van der Waals surface area contributed by atoms with E-state index in [1.807, 2.05) is 0 Å². The van der Waals surface area contributed by atoms with Crippen LogP contribution in [0.1, 0.15) is 0 Å². The van der Waals surface area contributed by atoms with Crippen molar-refractivity contribution in [3.05, 3.63) is 23.7 Å². The Kier molecular flexibility index (Phi) is 3.32. The first-order valence-corrected chi connectivity index (χ1v) is 3.97. The molecule has 0 aromatic heterocycles. The molecule has 1 fully saturated rings. The van der Waals surface area contributed by atoms with Gasteiger partial charge in [-0.3, -0.25) is 5.01 Å². The lowest BCUT2D eigenvalue weighted by molar-refractivity contribution is 0.430. The summed E-state index contributed by atoms with van der Waals surface area (Å²) < 4.78 is 4.96. The lowest BCUT2D eigenvalue weighted by Crippen LogP contribution is -2.33. The van der Waals surface area contributed by atoms with Crippen LogP contribution >= 0.6 is 0 Å². The second-order valence-corrected chi connectivity index (χ2v) is 2.75. The van der Waals surface area contributed by atoms with Crippen molar-refractivity contribution in [1.29, 1.82) is 0 Å². The topological polar surface area (TPSA) is 132 Å². The molecule has 0 bridgehead atoms. The summed E-state index contributed by atoms with van der Waals surface area (Å²) in [5.74, 6) is 10.6. The summed E-state index contributed by atoms with van der Waals surface area (Å²) in [7, 11) is 0. The summed E-state index contributed by atoms with van der Waals surface area (Å²) >= 11 is 0. The number of epoxide rings is 1. The largest absolute Gasteiger partial charge is 0.400 e. The Morgan fingerprint density at radius 2 is 2.07 bits per heavy atom. The number of nitrogens with two attached hydrogens (primary N) is 4. The second-order valence-electron chi connectivity index (χ2n) is 2.75. The molecule has 0 aromatic carbocycles. The molecule has 0 spiro atoms. The van der Waals surface area contributed by atoms with E-state index in [0.29, 0.717) is 12.3 Å². The van der Waals surface area contributed by atoms with Crippen LogP contribution in [0.3, 0.4) is 0 Å². The fourth-order valence-corrected chi connectivity index (χ4v) is 0.754. The quantitative estimate of drug-likeness (QED) is 0.104. The van der Waals surface area contributed by atoms with E-state index in [0.717, 1.165) is 5.01 Å². The Morgan fingerprint density at radius 1 is 1.43 bits per heavy atom. The second kappa shape index (κ2) is 4.49. The molecule has 1 rings (SSSR count). The van der Waals surface area contributed by atoms with Gasteiger partial charge in [-0.2, -0.15) is 5.10 Å². The molecule has 14 heavy (non-hydrogen) atoms. The van der Waals surface area contributed by atoms with Crippen LogP contribution in [0.15, 0.2) is 28.8 Å². The van der Waals surface area contributed by atoms with E-state index in [-0.39, 0.29) is 11.9 Å². The minimum atomic E-state index is 0.0217. The van der Waals surface area contributed by atoms with Crippen molar-refractivity contribution in [2.75, 3.05) is 6.61 Å². The fourth-order valence-electron chi connectivity index (χ4n) is 0.754. The number of hydrogen-bond acceptors (Lipinski definition) is 6. The SMILES string of the molecule is N/N=C\N(N)/C(N)=C/C=C(\N)C1CO1. The molecule has 0 saturated carbocycles. The van der Waals surface area contributed by atoms with Gasteiger partial charge in [0.2, 0.25) is 0 Å². The van der Waals surface area contributed by atoms with Crippen LogP contribution < -0.4 is 23.2 Å². The van der Waals surface area contributed by atoms with Crippen molar-refractivity contribution in [2.45, 2.75) is 6.10 Å². The minimum absolute atomic E-state index is 0.0217. The molecule has 1 unspecified atom stereocenters. The van der Waals surface area contributed by atoms with Crippen LogP contribution in [-0.4, -0.2) is 24.1 Å². The van der Waals surface area contributed by atoms with Gasteiger partial charge >= 0.3 is 0 Å². The molecule has 7 nitrogen and oxygen atoms in total. The summed E-state index contributed by atoms with van der Waals surface area (Å²) in [5, 5.41) is 4.29. The normalized spacial score (nSPS) is 22.8. The Balaban J connectivity index is 2.53. The smallest absolute Gasteiger partial charge is 0.131 e. The predicted octanol–water partition coefficient (Wildman–Crippen LogP) is -1.89. The minimum Gasteiger partial charge on any atom is -0.400 e. The van der Waals surface area contributed by atoms with E-state index < -0.39 is 0 Å². The Morgan fingerprint density at radius 3 is 2.57 bits per heavy atom. The van der Waals surface area contributed by atoms with Crippen molar-refractivity contribution in [1.82, 2.24) is 5.01 Å². The van der Waals surface area contributed by atoms with Crippen molar-refractivity contribution in [2.24, 2.45) is 28.3 Å². The zero-order chi connectivity index (χ0) is 10.6. The van der Waals surface area contributed by atoms with E-state index in [2.05, 4.69) is 5.10 Å². The van der Waals surface area contributed by atoms with Crippen LogP contribution in [0.5, 0.6) is 0 Å². The van der Waals surface area contributed by atoms with Gasteiger partial charge in [0, 0.05) is 5.70 Å². The number of allylic oxidation sites excluding steroid dienone is 2. The van der Waals surface area contributed by atoms with Gasteiger partial charge < -0.3 is 22.0 Å². The first kappa shape index (κ1) is 10.4. The first-order chi connectivity index (χ1) is 6.65. The van der Waals surface area contributed by atoms with E-state index in [4.69, 9.17) is 27.9 Å². The summed E-state index contributed by atoms with van der Waals surface area (Å²) in [5.41, 5.74) is 11.8. The van der Waals surface area contributed by atoms with Crippen LogP contribution in [-0.2, 0) is 4.74 Å². The van der Waals surface area contributed by atoms with Gasteiger partial charge in [0.1, 0.15) is 18.3 Å². The molecule has 0 aromatic rings. The van der Waals surface area contributed by atoms with E-state index in [1.165, 1.54) is 6.34 Å². The average Bonchev–Trinajstić information content (AvgIpc) is 2.97. The number of hydrazone groups is 1. The summed E-state index contributed by atoms with van der Waals surface area (Å²) in [6.07, 6.45) is 4.40. The third-order valence-corrected chi connectivity index (χ3v) is 1.64. The van der Waals surface area contributed by atoms with Gasteiger partial charge in [-0.25, -0.2) is 5.84 Å². The summed E-state index contributed by atoms with van der Waals surface area (Å²) in [4.78, 5) is 0. The molecule has 1 aliphatic heterocycles. The number of rotatable bonds is 4. The Bertz CT molecular complexity index is 280. The van der Waals surface area contributed by atoms with Crippen molar-refractivity contribution >= 4 is 6.34 Å².